The Labute approximate surface area is 151 Å². The first-order chi connectivity index (χ1) is 12.2. The van der Waals surface area contributed by atoms with Crippen molar-refractivity contribution in [2.75, 3.05) is 45.2 Å². The van der Waals surface area contributed by atoms with E-state index in [9.17, 15) is 0 Å². The lowest BCUT2D eigenvalue weighted by Gasteiger charge is -2.34. The fourth-order valence-electron chi connectivity index (χ4n) is 3.27. The molecule has 1 N–H and O–H groups in total. The van der Waals surface area contributed by atoms with Gasteiger partial charge in [-0.05, 0) is 37.7 Å². The Kier molecular flexibility index (Phi) is 5.95. The van der Waals surface area contributed by atoms with Crippen LogP contribution in [0.4, 0.5) is 5.69 Å². The molecule has 1 atom stereocenters. The van der Waals surface area contributed by atoms with Gasteiger partial charge in [0.05, 0.1) is 7.11 Å². The van der Waals surface area contributed by atoms with Gasteiger partial charge in [-0.2, -0.15) is 0 Å². The average Bonchev–Trinajstić information content (AvgIpc) is 2.67. The van der Waals surface area contributed by atoms with Crippen LogP contribution in [-0.2, 0) is 6.54 Å². The SMILES string of the molecule is COc1ccccc1CN[C@@H](C)c1ccc(N2CCN(C)CC2)cc1. The van der Waals surface area contributed by atoms with Crippen LogP contribution in [0.3, 0.4) is 0 Å². The lowest BCUT2D eigenvalue weighted by molar-refractivity contribution is 0.313. The Morgan fingerprint density at radius 1 is 1.00 bits per heavy atom. The molecule has 0 spiro atoms. The van der Waals surface area contributed by atoms with E-state index >= 15 is 0 Å². The van der Waals surface area contributed by atoms with Crippen LogP contribution in [0.1, 0.15) is 24.1 Å². The van der Waals surface area contributed by atoms with Crippen LogP contribution in [0.5, 0.6) is 5.75 Å². The number of methoxy groups -OCH3 is 1. The molecule has 2 aromatic carbocycles. The molecule has 134 valence electrons. The number of para-hydroxylation sites is 1. The minimum absolute atomic E-state index is 0.298. The van der Waals surface area contributed by atoms with Crippen molar-refractivity contribution in [3.8, 4) is 5.75 Å². The van der Waals surface area contributed by atoms with Crippen LogP contribution >= 0.6 is 0 Å². The molecule has 4 heteroatoms. The summed E-state index contributed by atoms with van der Waals surface area (Å²) in [6.07, 6.45) is 0. The molecule has 4 nitrogen and oxygen atoms in total. The third-order valence-corrected chi connectivity index (χ3v) is 5.05. The highest BCUT2D eigenvalue weighted by atomic mass is 16.5. The summed E-state index contributed by atoms with van der Waals surface area (Å²) in [4.78, 5) is 4.85. The molecule has 1 aliphatic rings. The van der Waals surface area contributed by atoms with E-state index in [0.717, 1.165) is 38.5 Å². The van der Waals surface area contributed by atoms with Crippen LogP contribution in [0.25, 0.3) is 0 Å². The monoisotopic (exact) mass is 339 g/mol. The second-order valence-electron chi connectivity index (χ2n) is 6.80. The first kappa shape index (κ1) is 17.8. The van der Waals surface area contributed by atoms with E-state index in [1.54, 1.807) is 7.11 Å². The molecule has 0 saturated carbocycles. The number of nitrogens with zero attached hydrogens (tertiary/aromatic N) is 2. The molecule has 0 unspecified atom stereocenters. The topological polar surface area (TPSA) is 27.7 Å². The zero-order chi connectivity index (χ0) is 17.6. The Morgan fingerprint density at radius 2 is 1.68 bits per heavy atom. The van der Waals surface area contributed by atoms with Gasteiger partial charge in [-0.15, -0.1) is 0 Å². The standard InChI is InChI=1S/C21H29N3O/c1-17(22-16-19-6-4-5-7-21(19)25-3)18-8-10-20(11-9-18)24-14-12-23(2)13-15-24/h4-11,17,22H,12-16H2,1-3H3/t17-/m0/s1. The van der Waals surface area contributed by atoms with E-state index in [-0.39, 0.29) is 0 Å². The smallest absolute Gasteiger partial charge is 0.123 e. The van der Waals surface area contributed by atoms with E-state index in [1.807, 2.05) is 12.1 Å². The number of ether oxygens (including phenoxy) is 1. The normalized spacial score (nSPS) is 16.7. The van der Waals surface area contributed by atoms with Crippen molar-refractivity contribution in [3.05, 3.63) is 59.7 Å². The van der Waals surface area contributed by atoms with Crippen LogP contribution in [0, 0.1) is 0 Å². The van der Waals surface area contributed by atoms with Gasteiger partial charge in [0.15, 0.2) is 0 Å². The predicted molar refractivity (Wildman–Crippen MR) is 104 cm³/mol. The van der Waals surface area contributed by atoms with E-state index < -0.39 is 0 Å². The highest BCUT2D eigenvalue weighted by Crippen LogP contribution is 2.22. The Balaban J connectivity index is 1.58. The Hall–Kier alpha value is -2.04. The van der Waals surface area contributed by atoms with Gasteiger partial charge in [-0.3, -0.25) is 0 Å². The number of hydrogen-bond acceptors (Lipinski definition) is 4. The van der Waals surface area contributed by atoms with E-state index in [2.05, 4.69) is 65.5 Å². The zero-order valence-corrected chi connectivity index (χ0v) is 15.5. The van der Waals surface area contributed by atoms with Crippen LogP contribution < -0.4 is 15.0 Å². The Bertz CT molecular complexity index is 663. The number of benzene rings is 2. The third-order valence-electron chi connectivity index (χ3n) is 5.05. The van der Waals surface area contributed by atoms with E-state index in [4.69, 9.17) is 4.74 Å². The zero-order valence-electron chi connectivity index (χ0n) is 15.5. The minimum Gasteiger partial charge on any atom is -0.496 e. The maximum Gasteiger partial charge on any atom is 0.123 e. The van der Waals surface area contributed by atoms with Crippen molar-refractivity contribution in [1.82, 2.24) is 10.2 Å². The van der Waals surface area contributed by atoms with Gasteiger partial charge in [0.1, 0.15) is 5.75 Å². The molecular formula is C21H29N3O. The van der Waals surface area contributed by atoms with Crippen molar-refractivity contribution >= 4 is 5.69 Å². The molecule has 1 aliphatic heterocycles. The van der Waals surface area contributed by atoms with Crippen LogP contribution in [0.2, 0.25) is 0 Å². The lowest BCUT2D eigenvalue weighted by Crippen LogP contribution is -2.44. The molecule has 1 fully saturated rings. The van der Waals surface area contributed by atoms with Gasteiger partial charge in [-0.25, -0.2) is 0 Å². The largest absolute Gasteiger partial charge is 0.496 e. The maximum absolute atomic E-state index is 5.42. The molecule has 0 radical (unpaired) electrons. The number of likely N-dealkylation sites (N-methyl/N-ethyl adjacent to an activating group) is 1. The van der Waals surface area contributed by atoms with Crippen molar-refractivity contribution < 1.29 is 4.74 Å². The minimum atomic E-state index is 0.298. The highest BCUT2D eigenvalue weighted by molar-refractivity contribution is 5.48. The fourth-order valence-corrected chi connectivity index (χ4v) is 3.27. The summed E-state index contributed by atoms with van der Waals surface area (Å²) < 4.78 is 5.42. The molecule has 25 heavy (non-hydrogen) atoms. The quantitative estimate of drug-likeness (QED) is 0.874. The number of hydrogen-bond donors (Lipinski definition) is 1. The lowest BCUT2D eigenvalue weighted by atomic mass is 10.1. The van der Waals surface area contributed by atoms with Gasteiger partial charge in [0, 0.05) is 50.0 Å². The summed E-state index contributed by atoms with van der Waals surface area (Å²) in [5.74, 6) is 0.938. The average molecular weight is 339 g/mol. The molecule has 0 bridgehead atoms. The molecular weight excluding hydrogens is 310 g/mol. The van der Waals surface area contributed by atoms with Crippen LogP contribution in [0.15, 0.2) is 48.5 Å². The van der Waals surface area contributed by atoms with Crippen molar-refractivity contribution in [1.29, 1.82) is 0 Å². The molecule has 0 amide bonds. The molecule has 1 heterocycles. The number of rotatable bonds is 6. The maximum atomic E-state index is 5.42. The summed E-state index contributed by atoms with van der Waals surface area (Å²) in [6.45, 7) is 7.50. The van der Waals surface area contributed by atoms with Crippen molar-refractivity contribution in [2.45, 2.75) is 19.5 Å². The molecule has 3 rings (SSSR count). The summed E-state index contributed by atoms with van der Waals surface area (Å²) in [5, 5.41) is 3.59. The van der Waals surface area contributed by atoms with E-state index in [0.29, 0.717) is 6.04 Å². The highest BCUT2D eigenvalue weighted by Gasteiger charge is 2.14. The third kappa shape index (κ3) is 4.53. The fraction of sp³-hybridized carbons (Fsp3) is 0.429. The van der Waals surface area contributed by atoms with Gasteiger partial charge < -0.3 is 19.9 Å². The van der Waals surface area contributed by atoms with Crippen molar-refractivity contribution in [3.63, 3.8) is 0 Å². The summed E-state index contributed by atoms with van der Waals surface area (Å²) in [7, 11) is 3.91. The summed E-state index contributed by atoms with van der Waals surface area (Å²) >= 11 is 0. The van der Waals surface area contributed by atoms with Crippen LogP contribution in [-0.4, -0.2) is 45.2 Å². The second-order valence-corrected chi connectivity index (χ2v) is 6.80. The predicted octanol–water partition coefficient (Wildman–Crippen LogP) is 3.30. The first-order valence-corrected chi connectivity index (χ1v) is 9.06. The van der Waals surface area contributed by atoms with Crippen molar-refractivity contribution in [2.24, 2.45) is 0 Å². The summed E-state index contributed by atoms with van der Waals surface area (Å²) in [6, 6.07) is 17.5. The number of anilines is 1. The van der Waals surface area contributed by atoms with Gasteiger partial charge in [-0.1, -0.05) is 30.3 Å². The van der Waals surface area contributed by atoms with E-state index in [1.165, 1.54) is 16.8 Å². The molecule has 0 aromatic heterocycles. The first-order valence-electron chi connectivity index (χ1n) is 9.06. The molecule has 2 aromatic rings. The van der Waals surface area contributed by atoms with Gasteiger partial charge in [0.25, 0.3) is 0 Å². The second kappa shape index (κ2) is 8.37. The number of nitrogens with one attached hydrogen (secondary N) is 1. The van der Waals surface area contributed by atoms with Gasteiger partial charge >= 0.3 is 0 Å². The molecule has 1 saturated heterocycles. The summed E-state index contributed by atoms with van der Waals surface area (Å²) in [5.41, 5.74) is 3.83. The van der Waals surface area contributed by atoms with Gasteiger partial charge in [0.2, 0.25) is 0 Å². The Morgan fingerprint density at radius 3 is 2.36 bits per heavy atom. The number of piperazine rings is 1. The molecule has 0 aliphatic carbocycles.